The number of hydrogen-bond acceptors (Lipinski definition) is 4. The fourth-order valence-corrected chi connectivity index (χ4v) is 2.39. The van der Waals surface area contributed by atoms with Gasteiger partial charge in [-0.1, -0.05) is 32.1 Å². The first kappa shape index (κ1) is 13.0. The predicted octanol–water partition coefficient (Wildman–Crippen LogP) is 2.80. The Morgan fingerprint density at radius 1 is 0.529 bits per heavy atom. The zero-order chi connectivity index (χ0) is 12.8. The fraction of sp³-hybridized carbons (Fsp3) is 0.692. The van der Waals surface area contributed by atoms with E-state index >= 15 is 0 Å². The molecular weight excluding hydrogens is 212 g/mol. The van der Waals surface area contributed by atoms with Crippen molar-refractivity contribution >= 4 is 0 Å². The van der Waals surface area contributed by atoms with Crippen LogP contribution in [-0.2, 0) is 0 Å². The van der Waals surface area contributed by atoms with Crippen LogP contribution in [0.4, 0.5) is 0 Å². The lowest BCUT2D eigenvalue weighted by Gasteiger charge is -2.30. The largest absolute Gasteiger partial charge is 0.196 e. The topological polar surface area (TPSA) is 95.2 Å². The Morgan fingerprint density at radius 3 is 1.12 bits per heavy atom. The van der Waals surface area contributed by atoms with E-state index in [9.17, 15) is 21.0 Å². The molecule has 0 heterocycles. The summed E-state index contributed by atoms with van der Waals surface area (Å²) >= 11 is 0. The number of nitriles is 4. The first-order valence-electron chi connectivity index (χ1n) is 5.85. The smallest absolute Gasteiger partial charge is 0.175 e. The predicted molar refractivity (Wildman–Crippen MR) is 59.6 cm³/mol. The van der Waals surface area contributed by atoms with Gasteiger partial charge in [-0.15, -0.1) is 0 Å². The number of hydrogen-bond donors (Lipinski definition) is 0. The highest BCUT2D eigenvalue weighted by Crippen LogP contribution is 2.46. The molecule has 0 radical (unpaired) electrons. The molecule has 0 spiro atoms. The average molecular weight is 226 g/mol. The van der Waals surface area contributed by atoms with Crippen LogP contribution in [0.2, 0.25) is 0 Å². The molecule has 4 heteroatoms. The first-order valence-corrected chi connectivity index (χ1v) is 5.85. The Bertz CT molecular complexity index is 368. The van der Waals surface area contributed by atoms with Crippen molar-refractivity contribution in [3.05, 3.63) is 0 Å². The lowest BCUT2D eigenvalue weighted by Crippen LogP contribution is -2.38. The molecule has 1 aliphatic rings. The van der Waals surface area contributed by atoms with Gasteiger partial charge < -0.3 is 0 Å². The minimum Gasteiger partial charge on any atom is -0.196 e. The van der Waals surface area contributed by atoms with E-state index in [0.717, 1.165) is 32.1 Å². The van der Waals surface area contributed by atoms with Crippen molar-refractivity contribution in [2.45, 2.75) is 44.9 Å². The van der Waals surface area contributed by atoms with E-state index in [1.807, 2.05) is 24.3 Å². The second-order valence-corrected chi connectivity index (χ2v) is 4.53. The summed E-state index contributed by atoms with van der Waals surface area (Å²) in [5.74, 6) is 0. The summed E-state index contributed by atoms with van der Waals surface area (Å²) in [5.41, 5.74) is -2.94. The number of nitrogens with zero attached hydrogens (tertiary/aromatic N) is 4. The summed E-state index contributed by atoms with van der Waals surface area (Å²) in [6, 6.07) is 7.80. The second kappa shape index (κ2) is 5.34. The molecule has 0 aromatic heterocycles. The highest BCUT2D eigenvalue weighted by atomic mass is 14.6. The van der Waals surface area contributed by atoms with Gasteiger partial charge in [0.2, 0.25) is 0 Å². The van der Waals surface area contributed by atoms with Gasteiger partial charge in [-0.05, 0) is 12.8 Å². The molecule has 0 saturated heterocycles. The number of rotatable bonds is 0. The van der Waals surface area contributed by atoms with Crippen LogP contribution in [0.15, 0.2) is 0 Å². The summed E-state index contributed by atoms with van der Waals surface area (Å²) < 4.78 is 0. The summed E-state index contributed by atoms with van der Waals surface area (Å²) in [4.78, 5) is 0. The molecular formula is C13H14N4. The van der Waals surface area contributed by atoms with Crippen molar-refractivity contribution in [3.63, 3.8) is 0 Å². The summed E-state index contributed by atoms with van der Waals surface area (Å²) in [6.45, 7) is 0. The molecule has 86 valence electrons. The van der Waals surface area contributed by atoms with E-state index in [0.29, 0.717) is 12.8 Å². The van der Waals surface area contributed by atoms with Gasteiger partial charge in [0.1, 0.15) is 0 Å². The van der Waals surface area contributed by atoms with Crippen LogP contribution in [0, 0.1) is 56.2 Å². The Morgan fingerprint density at radius 2 is 0.824 bits per heavy atom. The Hall–Kier alpha value is -2.04. The van der Waals surface area contributed by atoms with Gasteiger partial charge in [0.05, 0.1) is 24.3 Å². The average Bonchev–Trinajstić information content (AvgIpc) is 2.47. The molecule has 4 nitrogen and oxygen atoms in total. The van der Waals surface area contributed by atoms with Crippen LogP contribution in [-0.4, -0.2) is 0 Å². The van der Waals surface area contributed by atoms with Gasteiger partial charge in [0, 0.05) is 0 Å². The van der Waals surface area contributed by atoms with E-state index in [2.05, 4.69) is 0 Å². The zero-order valence-corrected chi connectivity index (χ0v) is 9.74. The Balaban J connectivity index is 3.26. The molecule has 0 aromatic carbocycles. The summed E-state index contributed by atoms with van der Waals surface area (Å²) in [7, 11) is 0. The maximum absolute atomic E-state index is 9.27. The molecule has 0 aliphatic heterocycles. The lowest BCUT2D eigenvalue weighted by atomic mass is 9.62. The maximum Gasteiger partial charge on any atom is 0.175 e. The maximum atomic E-state index is 9.27. The molecule has 0 aromatic rings. The normalized spacial score (nSPS) is 22.4. The zero-order valence-electron chi connectivity index (χ0n) is 9.74. The van der Waals surface area contributed by atoms with Crippen LogP contribution in [0.25, 0.3) is 0 Å². The molecule has 0 N–H and O–H groups in total. The SMILES string of the molecule is N#CC1(C#N)CCCCCCCC1(C#N)C#N. The highest BCUT2D eigenvalue weighted by Gasteiger charge is 2.53. The quantitative estimate of drug-likeness (QED) is 0.634. The van der Waals surface area contributed by atoms with E-state index in [4.69, 9.17) is 0 Å². The molecule has 1 aliphatic carbocycles. The van der Waals surface area contributed by atoms with Crippen LogP contribution >= 0.6 is 0 Å². The van der Waals surface area contributed by atoms with Gasteiger partial charge in [0.15, 0.2) is 10.8 Å². The van der Waals surface area contributed by atoms with Crippen molar-refractivity contribution in [2.75, 3.05) is 0 Å². The molecule has 0 amide bonds. The van der Waals surface area contributed by atoms with Crippen molar-refractivity contribution in [2.24, 2.45) is 10.8 Å². The summed E-state index contributed by atoms with van der Waals surface area (Å²) in [6.07, 6.45) is 5.05. The van der Waals surface area contributed by atoms with Crippen molar-refractivity contribution in [1.29, 1.82) is 21.0 Å². The molecule has 17 heavy (non-hydrogen) atoms. The Kier molecular flexibility index (Phi) is 4.09. The Labute approximate surface area is 102 Å². The third-order valence-corrected chi connectivity index (χ3v) is 3.60. The lowest BCUT2D eigenvalue weighted by molar-refractivity contribution is 0.257. The van der Waals surface area contributed by atoms with Gasteiger partial charge in [-0.25, -0.2) is 0 Å². The van der Waals surface area contributed by atoms with Gasteiger partial charge in [-0.2, -0.15) is 21.0 Å². The van der Waals surface area contributed by atoms with Crippen LogP contribution in [0.5, 0.6) is 0 Å². The van der Waals surface area contributed by atoms with Crippen molar-refractivity contribution < 1.29 is 0 Å². The standard InChI is InChI=1S/C13H14N4/c14-8-12(9-15)6-4-2-1-3-5-7-13(12,10-16)11-17/h1-7H2. The minimum absolute atomic E-state index is 0.321. The van der Waals surface area contributed by atoms with Crippen LogP contribution in [0.1, 0.15) is 44.9 Å². The monoisotopic (exact) mass is 226 g/mol. The van der Waals surface area contributed by atoms with Gasteiger partial charge in [0.25, 0.3) is 0 Å². The molecule has 1 fully saturated rings. The van der Waals surface area contributed by atoms with E-state index in [1.165, 1.54) is 0 Å². The molecule has 1 rings (SSSR count). The molecule has 0 bridgehead atoms. The second-order valence-electron chi connectivity index (χ2n) is 4.53. The van der Waals surface area contributed by atoms with Crippen LogP contribution in [0.3, 0.4) is 0 Å². The minimum atomic E-state index is -1.47. The molecule has 1 saturated carbocycles. The van der Waals surface area contributed by atoms with Gasteiger partial charge >= 0.3 is 0 Å². The van der Waals surface area contributed by atoms with Crippen molar-refractivity contribution in [1.82, 2.24) is 0 Å². The molecule has 0 unspecified atom stereocenters. The fourth-order valence-electron chi connectivity index (χ4n) is 2.39. The van der Waals surface area contributed by atoms with E-state index in [-0.39, 0.29) is 0 Å². The summed E-state index contributed by atoms with van der Waals surface area (Å²) in [5, 5.41) is 37.1. The van der Waals surface area contributed by atoms with Crippen LogP contribution < -0.4 is 0 Å². The third kappa shape index (κ3) is 2.08. The molecule has 0 atom stereocenters. The highest BCUT2D eigenvalue weighted by molar-refractivity contribution is 5.34. The third-order valence-electron chi connectivity index (χ3n) is 3.60. The van der Waals surface area contributed by atoms with Crippen molar-refractivity contribution in [3.8, 4) is 24.3 Å². The van der Waals surface area contributed by atoms with Gasteiger partial charge in [-0.3, -0.25) is 0 Å². The van der Waals surface area contributed by atoms with E-state index < -0.39 is 10.8 Å². The van der Waals surface area contributed by atoms with E-state index in [1.54, 1.807) is 0 Å². The first-order chi connectivity index (χ1) is 8.20.